The monoisotopic (exact) mass is 325 g/mol. The van der Waals surface area contributed by atoms with Crippen LogP contribution in [0.5, 0.6) is 5.75 Å². The van der Waals surface area contributed by atoms with Crippen molar-refractivity contribution in [1.82, 2.24) is 0 Å². The maximum absolute atomic E-state index is 12.8. The van der Waals surface area contributed by atoms with Crippen molar-refractivity contribution in [3.8, 4) is 5.75 Å². The van der Waals surface area contributed by atoms with Gasteiger partial charge in [0.15, 0.2) is 0 Å². The lowest BCUT2D eigenvalue weighted by atomic mass is 9.78. The van der Waals surface area contributed by atoms with Crippen LogP contribution in [-0.2, 0) is 9.59 Å². The number of hydrogen-bond acceptors (Lipinski definition) is 4. The number of hydrogen-bond donors (Lipinski definition) is 3. The van der Waals surface area contributed by atoms with Crippen LogP contribution in [-0.4, -0.2) is 17.4 Å². The maximum atomic E-state index is 12.8. The maximum Gasteiger partial charge on any atom is 0.238 e. The number of amides is 2. The topological polar surface area (TPSA) is 107 Å². The third-order valence-electron chi connectivity index (χ3n) is 4.29. The Morgan fingerprint density at radius 2 is 1.75 bits per heavy atom. The summed E-state index contributed by atoms with van der Waals surface area (Å²) in [6.45, 7) is 1.45. The normalized spacial score (nSPS) is 22.3. The first-order valence-corrected chi connectivity index (χ1v) is 7.61. The van der Waals surface area contributed by atoms with Gasteiger partial charge in [-0.05, 0) is 24.6 Å². The molecule has 0 spiro atoms. The van der Waals surface area contributed by atoms with Crippen LogP contribution in [0.15, 0.2) is 54.6 Å². The molecule has 124 valence electrons. The van der Waals surface area contributed by atoms with E-state index in [-0.39, 0.29) is 0 Å². The van der Waals surface area contributed by atoms with E-state index in [1.165, 1.54) is 6.92 Å². The SMILES string of the molecule is C[C@](N)(C(N)=O)C1C(=O)Nc2ccccc2OC1c1ccccc1. The van der Waals surface area contributed by atoms with Crippen LogP contribution in [0.3, 0.4) is 0 Å². The van der Waals surface area contributed by atoms with Crippen LogP contribution in [0.1, 0.15) is 18.6 Å². The van der Waals surface area contributed by atoms with E-state index in [0.29, 0.717) is 11.4 Å². The average Bonchev–Trinajstić information content (AvgIpc) is 2.71. The zero-order chi connectivity index (χ0) is 17.3. The lowest BCUT2D eigenvalue weighted by molar-refractivity contribution is -0.134. The fraction of sp³-hybridized carbons (Fsp3) is 0.222. The molecule has 0 bridgehead atoms. The van der Waals surface area contributed by atoms with Crippen molar-refractivity contribution in [3.63, 3.8) is 0 Å². The van der Waals surface area contributed by atoms with E-state index in [2.05, 4.69) is 5.32 Å². The summed E-state index contributed by atoms with van der Waals surface area (Å²) in [7, 11) is 0. The van der Waals surface area contributed by atoms with E-state index < -0.39 is 29.4 Å². The number of fused-ring (bicyclic) bond motifs is 1. The fourth-order valence-corrected chi connectivity index (χ4v) is 2.87. The highest BCUT2D eigenvalue weighted by atomic mass is 16.5. The van der Waals surface area contributed by atoms with E-state index in [1.54, 1.807) is 18.2 Å². The number of benzene rings is 2. The minimum Gasteiger partial charge on any atom is -0.483 e. The smallest absolute Gasteiger partial charge is 0.238 e. The molecule has 2 aromatic carbocycles. The summed E-state index contributed by atoms with van der Waals surface area (Å²) in [5.41, 5.74) is 11.3. The van der Waals surface area contributed by atoms with Crippen molar-refractivity contribution in [2.45, 2.75) is 18.6 Å². The first-order chi connectivity index (χ1) is 11.4. The van der Waals surface area contributed by atoms with Gasteiger partial charge < -0.3 is 21.5 Å². The fourth-order valence-electron chi connectivity index (χ4n) is 2.87. The first-order valence-electron chi connectivity index (χ1n) is 7.61. The summed E-state index contributed by atoms with van der Waals surface area (Å²) in [4.78, 5) is 24.7. The van der Waals surface area contributed by atoms with Crippen LogP contribution in [0.2, 0.25) is 0 Å². The van der Waals surface area contributed by atoms with E-state index in [4.69, 9.17) is 16.2 Å². The van der Waals surface area contributed by atoms with Crippen LogP contribution < -0.4 is 21.5 Å². The minimum atomic E-state index is -1.58. The number of para-hydroxylation sites is 2. The molecule has 5 N–H and O–H groups in total. The Kier molecular flexibility index (Phi) is 3.99. The summed E-state index contributed by atoms with van der Waals surface area (Å²) >= 11 is 0. The molecule has 2 unspecified atom stereocenters. The van der Waals surface area contributed by atoms with Gasteiger partial charge in [-0.15, -0.1) is 0 Å². The van der Waals surface area contributed by atoms with Crippen molar-refractivity contribution >= 4 is 17.5 Å². The second-order valence-electron chi connectivity index (χ2n) is 6.06. The molecule has 6 heteroatoms. The first kappa shape index (κ1) is 16.0. The molecule has 0 radical (unpaired) electrons. The van der Waals surface area contributed by atoms with Gasteiger partial charge in [-0.3, -0.25) is 9.59 Å². The molecule has 0 fully saturated rings. The van der Waals surface area contributed by atoms with Crippen molar-refractivity contribution in [2.24, 2.45) is 17.4 Å². The molecule has 3 rings (SSSR count). The van der Waals surface area contributed by atoms with Crippen molar-refractivity contribution < 1.29 is 14.3 Å². The summed E-state index contributed by atoms with van der Waals surface area (Å²) in [5, 5.41) is 2.78. The highest BCUT2D eigenvalue weighted by Crippen LogP contribution is 2.40. The molecule has 0 aromatic heterocycles. The van der Waals surface area contributed by atoms with Crippen LogP contribution in [0.4, 0.5) is 5.69 Å². The molecule has 1 aliphatic rings. The van der Waals surface area contributed by atoms with Gasteiger partial charge in [-0.2, -0.15) is 0 Å². The standard InChI is InChI=1S/C18H19N3O3/c1-18(20,17(19)23)14-15(11-7-3-2-4-8-11)24-13-10-6-5-9-12(13)21-16(14)22/h2-10,14-15H,20H2,1H3,(H2,19,23)(H,21,22)/t14?,15?,18-/m1/s1. The average molecular weight is 325 g/mol. The van der Waals surface area contributed by atoms with E-state index in [9.17, 15) is 9.59 Å². The summed E-state index contributed by atoms with van der Waals surface area (Å²) < 4.78 is 6.09. The van der Waals surface area contributed by atoms with E-state index >= 15 is 0 Å². The van der Waals surface area contributed by atoms with Crippen LogP contribution in [0.25, 0.3) is 0 Å². The number of rotatable bonds is 3. The third kappa shape index (κ3) is 2.72. The second kappa shape index (κ2) is 5.98. The predicted octanol–water partition coefficient (Wildman–Crippen LogP) is 1.58. The van der Waals surface area contributed by atoms with Gasteiger partial charge in [0.1, 0.15) is 23.3 Å². The number of primary amides is 1. The van der Waals surface area contributed by atoms with E-state index in [0.717, 1.165) is 5.56 Å². The molecule has 1 aliphatic heterocycles. The zero-order valence-electron chi connectivity index (χ0n) is 13.2. The van der Waals surface area contributed by atoms with E-state index in [1.807, 2.05) is 36.4 Å². The van der Waals surface area contributed by atoms with Crippen molar-refractivity contribution in [1.29, 1.82) is 0 Å². The molecule has 6 nitrogen and oxygen atoms in total. The minimum absolute atomic E-state index is 0.405. The van der Waals surface area contributed by atoms with Gasteiger partial charge >= 0.3 is 0 Å². The van der Waals surface area contributed by atoms with Gasteiger partial charge in [0.25, 0.3) is 0 Å². The summed E-state index contributed by atoms with van der Waals surface area (Å²) in [5.74, 6) is -1.64. The molecule has 0 saturated heterocycles. The van der Waals surface area contributed by atoms with Gasteiger partial charge in [0.2, 0.25) is 11.8 Å². The number of ether oxygens (including phenoxy) is 1. The highest BCUT2D eigenvalue weighted by Gasteiger charge is 2.48. The Hall–Kier alpha value is -2.86. The molecule has 1 heterocycles. The molecule has 2 aromatic rings. The van der Waals surface area contributed by atoms with Crippen molar-refractivity contribution in [2.75, 3.05) is 5.32 Å². The predicted molar refractivity (Wildman–Crippen MR) is 90.2 cm³/mol. The molecule has 3 atom stereocenters. The third-order valence-corrected chi connectivity index (χ3v) is 4.29. The van der Waals surface area contributed by atoms with Gasteiger partial charge in [-0.25, -0.2) is 0 Å². The van der Waals surface area contributed by atoms with Gasteiger partial charge in [0.05, 0.1) is 5.69 Å². The number of nitrogens with one attached hydrogen (secondary N) is 1. The largest absolute Gasteiger partial charge is 0.483 e. The van der Waals surface area contributed by atoms with Crippen LogP contribution in [0, 0.1) is 5.92 Å². The second-order valence-corrected chi connectivity index (χ2v) is 6.06. The highest BCUT2D eigenvalue weighted by molar-refractivity contribution is 6.00. The molecule has 0 aliphatic carbocycles. The lowest BCUT2D eigenvalue weighted by Gasteiger charge is -2.34. The Balaban J connectivity index is 2.14. The van der Waals surface area contributed by atoms with Crippen molar-refractivity contribution in [3.05, 3.63) is 60.2 Å². The lowest BCUT2D eigenvalue weighted by Crippen LogP contribution is -2.60. The Labute approximate surface area is 139 Å². The quantitative estimate of drug-likeness (QED) is 0.796. The summed E-state index contributed by atoms with van der Waals surface area (Å²) in [6, 6.07) is 16.3. The Bertz CT molecular complexity index is 774. The Morgan fingerprint density at radius 3 is 2.42 bits per heavy atom. The Morgan fingerprint density at radius 1 is 1.12 bits per heavy atom. The molecule has 24 heavy (non-hydrogen) atoms. The number of carbonyl (C=O) groups is 2. The van der Waals surface area contributed by atoms with Crippen LogP contribution >= 0.6 is 0 Å². The molecule has 0 saturated carbocycles. The van der Waals surface area contributed by atoms with Gasteiger partial charge in [-0.1, -0.05) is 42.5 Å². The number of anilines is 1. The zero-order valence-corrected chi connectivity index (χ0v) is 13.2. The summed E-state index contributed by atoms with van der Waals surface area (Å²) in [6.07, 6.45) is -0.739. The van der Waals surface area contributed by atoms with Gasteiger partial charge in [0, 0.05) is 0 Å². The molecular weight excluding hydrogens is 306 g/mol. The number of nitrogens with two attached hydrogens (primary N) is 2. The molecular formula is C18H19N3O3. The molecule has 2 amide bonds. The number of carbonyl (C=O) groups excluding carboxylic acids is 2.